The summed E-state index contributed by atoms with van der Waals surface area (Å²) in [5.41, 5.74) is 0.381. The van der Waals surface area contributed by atoms with E-state index in [0.717, 1.165) is 0 Å². The lowest BCUT2D eigenvalue weighted by molar-refractivity contribution is -0.141. The molecule has 3 heterocycles. The first kappa shape index (κ1) is 13.0. The van der Waals surface area contributed by atoms with Crippen molar-refractivity contribution in [3.05, 3.63) is 24.5 Å². The second-order valence-electron chi connectivity index (χ2n) is 4.59. The minimum Gasteiger partial charge on any atom is -0.481 e. The zero-order valence-electron chi connectivity index (χ0n) is 10.4. The normalized spacial score (nSPS) is 20.5. The van der Waals surface area contributed by atoms with Gasteiger partial charge in [-0.1, -0.05) is 0 Å². The summed E-state index contributed by atoms with van der Waals surface area (Å²) in [6.07, 6.45) is 3.07. The van der Waals surface area contributed by atoms with Gasteiger partial charge in [-0.25, -0.2) is 8.42 Å². The van der Waals surface area contributed by atoms with E-state index in [1.165, 1.54) is 21.3 Å². The highest BCUT2D eigenvalue weighted by Crippen LogP contribution is 2.26. The van der Waals surface area contributed by atoms with Crippen molar-refractivity contribution in [2.75, 3.05) is 13.1 Å². The molecule has 0 aliphatic carbocycles. The van der Waals surface area contributed by atoms with Crippen molar-refractivity contribution in [3.8, 4) is 0 Å². The van der Waals surface area contributed by atoms with Crippen molar-refractivity contribution in [2.24, 2.45) is 5.92 Å². The molecule has 8 nitrogen and oxygen atoms in total. The van der Waals surface area contributed by atoms with Gasteiger partial charge in [-0.3, -0.25) is 4.79 Å². The van der Waals surface area contributed by atoms with E-state index < -0.39 is 21.9 Å². The molecule has 2 aromatic rings. The fourth-order valence-corrected chi connectivity index (χ4v) is 3.89. The van der Waals surface area contributed by atoms with Gasteiger partial charge in [0.25, 0.3) is 0 Å². The van der Waals surface area contributed by atoms with Crippen molar-refractivity contribution in [1.82, 2.24) is 19.1 Å². The number of rotatable bonds is 3. The van der Waals surface area contributed by atoms with E-state index in [0.29, 0.717) is 11.9 Å². The smallest absolute Gasteiger partial charge is 0.307 e. The van der Waals surface area contributed by atoms with Crippen LogP contribution in [0, 0.1) is 5.92 Å². The predicted octanol–water partition coefficient (Wildman–Crippen LogP) is -0.176. The average molecular weight is 296 g/mol. The minimum atomic E-state index is -3.74. The minimum absolute atomic E-state index is 0.00469. The zero-order valence-corrected chi connectivity index (χ0v) is 11.2. The summed E-state index contributed by atoms with van der Waals surface area (Å²) in [6.45, 7) is 0.201. The molecule has 1 saturated heterocycles. The molecule has 0 saturated carbocycles. The molecule has 106 valence electrons. The molecule has 0 radical (unpaired) electrons. The second kappa shape index (κ2) is 4.53. The average Bonchev–Trinajstić information content (AvgIpc) is 3.06. The number of hydrogen-bond acceptors (Lipinski definition) is 5. The van der Waals surface area contributed by atoms with Gasteiger partial charge in [0.15, 0.2) is 0 Å². The number of carboxylic acid groups (broad SMARTS) is 1. The van der Waals surface area contributed by atoms with Gasteiger partial charge in [0, 0.05) is 19.3 Å². The van der Waals surface area contributed by atoms with Crippen LogP contribution in [-0.2, 0) is 14.8 Å². The Bertz CT molecular complexity index is 770. The Kier molecular flexibility index (Phi) is 2.94. The van der Waals surface area contributed by atoms with Crippen molar-refractivity contribution >= 4 is 21.5 Å². The molecule has 1 aliphatic heterocycles. The number of aliphatic carboxylic acids is 1. The number of fused-ring (bicyclic) bond motifs is 1. The lowest BCUT2D eigenvalue weighted by Gasteiger charge is -2.14. The Hall–Kier alpha value is -2.00. The summed E-state index contributed by atoms with van der Waals surface area (Å²) < 4.78 is 27.5. The molecule has 0 amide bonds. The summed E-state index contributed by atoms with van der Waals surface area (Å²) in [6, 6.07) is 3.23. The summed E-state index contributed by atoms with van der Waals surface area (Å²) in [7, 11) is -3.74. The number of carbonyl (C=O) groups is 1. The summed E-state index contributed by atoms with van der Waals surface area (Å²) in [5, 5.41) is 16.8. The fraction of sp³-hybridized carbons (Fsp3) is 0.364. The van der Waals surface area contributed by atoms with Gasteiger partial charge in [0.1, 0.15) is 10.4 Å². The van der Waals surface area contributed by atoms with E-state index >= 15 is 0 Å². The van der Waals surface area contributed by atoms with E-state index in [1.54, 1.807) is 12.1 Å². The summed E-state index contributed by atoms with van der Waals surface area (Å²) in [4.78, 5) is 11.0. The molecule has 3 rings (SSSR count). The molecule has 1 N–H and O–H groups in total. The van der Waals surface area contributed by atoms with Crippen LogP contribution in [0.25, 0.3) is 5.52 Å². The monoisotopic (exact) mass is 296 g/mol. The molecule has 1 atom stereocenters. The molecule has 2 aromatic heterocycles. The topological polar surface area (TPSA) is 105 Å². The highest BCUT2D eigenvalue weighted by Gasteiger charge is 2.37. The van der Waals surface area contributed by atoms with Gasteiger partial charge >= 0.3 is 5.97 Å². The molecule has 0 unspecified atom stereocenters. The van der Waals surface area contributed by atoms with Crippen molar-refractivity contribution in [3.63, 3.8) is 0 Å². The Labute approximate surface area is 114 Å². The highest BCUT2D eigenvalue weighted by atomic mass is 32.2. The maximum Gasteiger partial charge on any atom is 0.307 e. The lowest BCUT2D eigenvalue weighted by atomic mass is 10.1. The number of aromatic nitrogens is 3. The first-order chi connectivity index (χ1) is 9.50. The van der Waals surface area contributed by atoms with Crippen LogP contribution < -0.4 is 0 Å². The fourth-order valence-electron chi connectivity index (χ4n) is 2.30. The van der Waals surface area contributed by atoms with Crippen LogP contribution in [0.2, 0.25) is 0 Å². The van der Waals surface area contributed by atoms with E-state index in [-0.39, 0.29) is 18.0 Å². The van der Waals surface area contributed by atoms with Gasteiger partial charge in [-0.15, -0.1) is 0 Å². The Morgan fingerprint density at radius 3 is 2.90 bits per heavy atom. The van der Waals surface area contributed by atoms with Crippen LogP contribution in [0.1, 0.15) is 6.42 Å². The molecular formula is C11H12N4O4S. The van der Waals surface area contributed by atoms with Crippen LogP contribution >= 0.6 is 0 Å². The Morgan fingerprint density at radius 2 is 2.20 bits per heavy atom. The van der Waals surface area contributed by atoms with E-state index in [2.05, 4.69) is 10.2 Å². The summed E-state index contributed by atoms with van der Waals surface area (Å²) >= 11 is 0. The largest absolute Gasteiger partial charge is 0.481 e. The maximum absolute atomic E-state index is 12.5. The third-order valence-corrected chi connectivity index (χ3v) is 5.27. The van der Waals surface area contributed by atoms with E-state index in [9.17, 15) is 13.2 Å². The Balaban J connectivity index is 1.99. The van der Waals surface area contributed by atoms with Gasteiger partial charge in [-0.05, 0) is 18.6 Å². The third-order valence-electron chi connectivity index (χ3n) is 3.39. The van der Waals surface area contributed by atoms with E-state index in [1.807, 2.05) is 0 Å². The molecule has 1 fully saturated rings. The first-order valence-electron chi connectivity index (χ1n) is 6.02. The number of hydrogen-bond donors (Lipinski definition) is 1. The van der Waals surface area contributed by atoms with Gasteiger partial charge in [0.2, 0.25) is 10.0 Å². The molecule has 0 bridgehead atoms. The van der Waals surface area contributed by atoms with Crippen LogP contribution in [0.4, 0.5) is 0 Å². The molecule has 20 heavy (non-hydrogen) atoms. The standard InChI is InChI=1S/C11H12N4O4S/c16-11(17)8-3-5-14(7-8)20(18,19)10-6-13-15-9(10)2-1-4-12-15/h1-2,4,6,8H,3,5,7H2,(H,16,17)/t8-/m0/s1. The molecular weight excluding hydrogens is 284 g/mol. The number of sulfonamides is 1. The summed E-state index contributed by atoms with van der Waals surface area (Å²) in [5.74, 6) is -1.62. The molecule has 0 spiro atoms. The molecule has 9 heteroatoms. The molecule has 0 aromatic carbocycles. The van der Waals surface area contributed by atoms with Gasteiger partial charge in [-0.2, -0.15) is 19.1 Å². The number of carboxylic acids is 1. The van der Waals surface area contributed by atoms with Crippen molar-refractivity contribution < 1.29 is 18.3 Å². The quantitative estimate of drug-likeness (QED) is 0.842. The Morgan fingerprint density at radius 1 is 1.40 bits per heavy atom. The first-order valence-corrected chi connectivity index (χ1v) is 7.46. The van der Waals surface area contributed by atoms with Gasteiger partial charge < -0.3 is 5.11 Å². The molecule has 1 aliphatic rings. The third kappa shape index (κ3) is 1.95. The highest BCUT2D eigenvalue weighted by molar-refractivity contribution is 7.89. The zero-order chi connectivity index (χ0) is 14.3. The predicted molar refractivity (Wildman–Crippen MR) is 67.5 cm³/mol. The van der Waals surface area contributed by atoms with E-state index in [4.69, 9.17) is 5.11 Å². The maximum atomic E-state index is 12.5. The second-order valence-corrected chi connectivity index (χ2v) is 6.50. The van der Waals surface area contributed by atoms with Gasteiger partial charge in [0.05, 0.1) is 12.1 Å². The van der Waals surface area contributed by atoms with Crippen LogP contribution in [-0.4, -0.2) is 51.7 Å². The van der Waals surface area contributed by atoms with Crippen LogP contribution in [0.15, 0.2) is 29.4 Å². The number of nitrogens with zero attached hydrogens (tertiary/aromatic N) is 4. The van der Waals surface area contributed by atoms with Crippen molar-refractivity contribution in [1.29, 1.82) is 0 Å². The van der Waals surface area contributed by atoms with Crippen molar-refractivity contribution in [2.45, 2.75) is 11.3 Å². The van der Waals surface area contributed by atoms with Crippen LogP contribution in [0.3, 0.4) is 0 Å². The van der Waals surface area contributed by atoms with Crippen LogP contribution in [0.5, 0.6) is 0 Å². The lowest BCUT2D eigenvalue weighted by Crippen LogP contribution is -2.30. The SMILES string of the molecule is O=C(O)[C@H]1CCN(S(=O)(=O)c2cnn3ncccc23)C1.